The van der Waals surface area contributed by atoms with Crippen LogP contribution in [-0.2, 0) is 14.3 Å². The number of hydrogen-bond donors (Lipinski definition) is 3. The van der Waals surface area contributed by atoms with Gasteiger partial charge in [0.25, 0.3) is 0 Å². The Labute approximate surface area is 174 Å². The minimum absolute atomic E-state index is 0.0160. The monoisotopic (exact) mass is 410 g/mol. The maximum atomic E-state index is 12.0. The molecule has 3 fully saturated rings. The van der Waals surface area contributed by atoms with Crippen LogP contribution >= 0.6 is 0 Å². The molecule has 0 amide bonds. The zero-order valence-electron chi connectivity index (χ0n) is 18.0. The fraction of sp³-hybridized carbons (Fsp3) is 0.913. The topological polar surface area (TPSA) is 104 Å². The molecule has 0 bridgehead atoms. The van der Waals surface area contributed by atoms with Crippen LogP contribution in [0.4, 0.5) is 0 Å². The molecule has 3 N–H and O–H groups in total. The van der Waals surface area contributed by atoms with E-state index in [1.165, 1.54) is 6.92 Å². The van der Waals surface area contributed by atoms with Crippen LogP contribution in [0, 0.1) is 35.0 Å². The van der Waals surface area contributed by atoms with E-state index in [4.69, 9.17) is 4.74 Å². The smallest absolute Gasteiger partial charge is 0.302 e. The summed E-state index contributed by atoms with van der Waals surface area (Å²) in [6.45, 7) is 5.57. The summed E-state index contributed by atoms with van der Waals surface area (Å²) >= 11 is 0. The molecule has 9 unspecified atom stereocenters. The Morgan fingerprint density at radius 2 is 2.00 bits per heavy atom. The SMILES string of the molecule is CC(=O)OCC(O)C(O)CCC1C(C)CC(O)C2C1CCC1CC(=O)CCC12C. The summed E-state index contributed by atoms with van der Waals surface area (Å²) in [5.74, 6) is 1.62. The van der Waals surface area contributed by atoms with Crippen molar-refractivity contribution in [2.45, 2.75) is 90.4 Å². The molecular formula is C23H38O6. The number of esters is 1. The van der Waals surface area contributed by atoms with Crippen LogP contribution in [0.5, 0.6) is 0 Å². The average molecular weight is 411 g/mol. The second kappa shape index (κ2) is 9.03. The lowest BCUT2D eigenvalue weighted by Crippen LogP contribution is -2.56. The number of carbonyl (C=O) groups is 2. The predicted molar refractivity (Wildman–Crippen MR) is 108 cm³/mol. The molecule has 0 heterocycles. The fourth-order valence-corrected chi connectivity index (χ4v) is 6.85. The van der Waals surface area contributed by atoms with E-state index >= 15 is 0 Å². The number of carbonyl (C=O) groups excluding carboxylic acids is 2. The van der Waals surface area contributed by atoms with Crippen LogP contribution in [0.25, 0.3) is 0 Å². The largest absolute Gasteiger partial charge is 0.463 e. The number of ether oxygens (including phenoxy) is 1. The van der Waals surface area contributed by atoms with Gasteiger partial charge in [0.2, 0.25) is 0 Å². The van der Waals surface area contributed by atoms with Gasteiger partial charge < -0.3 is 20.1 Å². The van der Waals surface area contributed by atoms with Crippen LogP contribution in [0.2, 0.25) is 0 Å². The van der Waals surface area contributed by atoms with Crippen LogP contribution < -0.4 is 0 Å². The highest BCUT2D eigenvalue weighted by Crippen LogP contribution is 2.61. The van der Waals surface area contributed by atoms with Gasteiger partial charge in [-0.3, -0.25) is 9.59 Å². The van der Waals surface area contributed by atoms with Gasteiger partial charge in [-0.15, -0.1) is 0 Å². The molecule has 0 aromatic rings. The Morgan fingerprint density at radius 3 is 2.69 bits per heavy atom. The summed E-state index contributed by atoms with van der Waals surface area (Å²) in [4.78, 5) is 22.9. The molecule has 9 atom stereocenters. The van der Waals surface area contributed by atoms with Gasteiger partial charge in [0.1, 0.15) is 18.5 Å². The van der Waals surface area contributed by atoms with Crippen molar-refractivity contribution >= 4 is 11.8 Å². The van der Waals surface area contributed by atoms with Crippen LogP contribution in [0.15, 0.2) is 0 Å². The zero-order valence-corrected chi connectivity index (χ0v) is 18.0. The molecule has 6 nitrogen and oxygen atoms in total. The summed E-state index contributed by atoms with van der Waals surface area (Å²) in [6.07, 6.45) is 3.90. The van der Waals surface area contributed by atoms with Crippen LogP contribution in [0.3, 0.4) is 0 Å². The Hall–Kier alpha value is -0.980. The van der Waals surface area contributed by atoms with E-state index in [2.05, 4.69) is 13.8 Å². The summed E-state index contributed by atoms with van der Waals surface area (Å²) < 4.78 is 4.81. The quantitative estimate of drug-likeness (QED) is 0.581. The molecule has 0 aromatic heterocycles. The molecule has 0 radical (unpaired) electrons. The van der Waals surface area contributed by atoms with Crippen molar-refractivity contribution in [3.63, 3.8) is 0 Å². The highest BCUT2D eigenvalue weighted by molar-refractivity contribution is 5.79. The number of rotatable bonds is 6. The lowest BCUT2D eigenvalue weighted by Gasteiger charge is -2.59. The molecule has 3 rings (SSSR count). The molecule has 3 aliphatic rings. The Balaban J connectivity index is 1.67. The number of aliphatic hydroxyl groups excluding tert-OH is 3. The van der Waals surface area contributed by atoms with Gasteiger partial charge in [0.15, 0.2) is 0 Å². The third-order valence-electron chi connectivity index (χ3n) is 8.43. The molecule has 0 saturated heterocycles. The predicted octanol–water partition coefficient (Wildman–Crippen LogP) is 2.47. The van der Waals surface area contributed by atoms with E-state index < -0.39 is 18.2 Å². The van der Waals surface area contributed by atoms with E-state index in [1.807, 2.05) is 0 Å². The maximum Gasteiger partial charge on any atom is 0.302 e. The minimum atomic E-state index is -1.07. The first-order valence-corrected chi connectivity index (χ1v) is 11.3. The summed E-state index contributed by atoms with van der Waals surface area (Å²) in [5.41, 5.74) is 0.0160. The Bertz CT molecular complexity index is 606. The lowest BCUT2D eigenvalue weighted by molar-refractivity contribution is -0.158. The molecule has 29 heavy (non-hydrogen) atoms. The maximum absolute atomic E-state index is 12.0. The van der Waals surface area contributed by atoms with E-state index in [9.17, 15) is 24.9 Å². The zero-order chi connectivity index (χ0) is 21.3. The summed E-state index contributed by atoms with van der Waals surface area (Å²) in [6, 6.07) is 0. The van der Waals surface area contributed by atoms with E-state index in [0.717, 1.165) is 32.1 Å². The summed E-state index contributed by atoms with van der Waals surface area (Å²) in [7, 11) is 0. The van der Waals surface area contributed by atoms with Gasteiger partial charge >= 0.3 is 5.97 Å². The number of ketones is 1. The molecule has 6 heteroatoms. The van der Waals surface area contributed by atoms with Gasteiger partial charge in [-0.25, -0.2) is 0 Å². The first-order chi connectivity index (χ1) is 13.6. The van der Waals surface area contributed by atoms with Crippen molar-refractivity contribution in [2.75, 3.05) is 6.61 Å². The average Bonchev–Trinajstić information content (AvgIpc) is 2.65. The van der Waals surface area contributed by atoms with Crippen molar-refractivity contribution in [1.82, 2.24) is 0 Å². The lowest BCUT2D eigenvalue weighted by atomic mass is 9.46. The standard InChI is InChI=1S/C23H38O6/c1-13-10-20(27)22-18(5-4-15-11-16(25)8-9-23(15,22)3)17(13)6-7-19(26)21(28)12-29-14(2)24/h13,15,17-22,26-28H,4-12H2,1-3H3. The fourth-order valence-electron chi connectivity index (χ4n) is 6.85. The van der Waals surface area contributed by atoms with Crippen molar-refractivity contribution in [1.29, 1.82) is 0 Å². The second-order valence-electron chi connectivity index (χ2n) is 10.2. The normalized spacial score (nSPS) is 41.8. The molecule has 0 aliphatic heterocycles. The molecule has 0 aromatic carbocycles. The van der Waals surface area contributed by atoms with Crippen LogP contribution in [-0.4, -0.2) is 52.0 Å². The Morgan fingerprint density at radius 1 is 1.28 bits per heavy atom. The van der Waals surface area contributed by atoms with Gasteiger partial charge in [0, 0.05) is 19.8 Å². The molecule has 3 aliphatic carbocycles. The van der Waals surface area contributed by atoms with E-state index in [0.29, 0.717) is 48.7 Å². The van der Waals surface area contributed by atoms with Crippen LogP contribution in [0.1, 0.15) is 72.1 Å². The van der Waals surface area contributed by atoms with E-state index in [-0.39, 0.29) is 24.0 Å². The van der Waals surface area contributed by atoms with Gasteiger partial charge in [-0.1, -0.05) is 13.8 Å². The van der Waals surface area contributed by atoms with Crippen molar-refractivity contribution < 1.29 is 29.6 Å². The molecule has 166 valence electrons. The number of aliphatic hydroxyl groups is 3. The molecular weight excluding hydrogens is 372 g/mol. The Kier molecular flexibility index (Phi) is 7.06. The highest BCUT2D eigenvalue weighted by atomic mass is 16.5. The first kappa shape index (κ1) is 22.7. The minimum Gasteiger partial charge on any atom is -0.463 e. The highest BCUT2D eigenvalue weighted by Gasteiger charge is 2.56. The number of hydrogen-bond acceptors (Lipinski definition) is 6. The van der Waals surface area contributed by atoms with Gasteiger partial charge in [-0.2, -0.15) is 0 Å². The number of Topliss-reactive ketones (excluding diaryl/α,β-unsaturated/α-hetero) is 1. The van der Waals surface area contributed by atoms with Crippen molar-refractivity contribution in [3.8, 4) is 0 Å². The van der Waals surface area contributed by atoms with Gasteiger partial charge in [0.05, 0.1) is 12.2 Å². The van der Waals surface area contributed by atoms with Crippen molar-refractivity contribution in [2.24, 2.45) is 35.0 Å². The molecule has 0 spiro atoms. The van der Waals surface area contributed by atoms with E-state index in [1.54, 1.807) is 0 Å². The second-order valence-corrected chi connectivity index (χ2v) is 10.2. The molecule has 3 saturated carbocycles. The summed E-state index contributed by atoms with van der Waals surface area (Å²) in [5, 5.41) is 31.4. The first-order valence-electron chi connectivity index (χ1n) is 11.3. The number of fused-ring (bicyclic) bond motifs is 3. The third kappa shape index (κ3) is 4.70. The third-order valence-corrected chi connectivity index (χ3v) is 8.43. The van der Waals surface area contributed by atoms with Crippen molar-refractivity contribution in [3.05, 3.63) is 0 Å². The van der Waals surface area contributed by atoms with Gasteiger partial charge in [-0.05, 0) is 73.5 Å².